The van der Waals surface area contributed by atoms with E-state index in [-0.39, 0.29) is 15.7 Å². The van der Waals surface area contributed by atoms with Crippen LogP contribution >= 0.6 is 57.7 Å². The van der Waals surface area contributed by atoms with Gasteiger partial charge in [-0.2, -0.15) is 0 Å². The molecule has 1 N–H and O–H groups in total. The molecule has 0 saturated heterocycles. The Labute approximate surface area is 156 Å². The zero-order valence-electron chi connectivity index (χ0n) is 11.5. The van der Waals surface area contributed by atoms with Gasteiger partial charge in [-0.1, -0.05) is 46.4 Å². The van der Waals surface area contributed by atoms with Crippen LogP contribution in [0.4, 0.5) is 5.69 Å². The van der Waals surface area contributed by atoms with Crippen molar-refractivity contribution in [3.05, 3.63) is 48.5 Å². The summed E-state index contributed by atoms with van der Waals surface area (Å²) in [6, 6.07) is 5.97. The fraction of sp³-hybridized carbons (Fsp3) is 0.143. The van der Waals surface area contributed by atoms with Crippen molar-refractivity contribution in [3.63, 3.8) is 0 Å². The van der Waals surface area contributed by atoms with Crippen LogP contribution in [0.2, 0.25) is 19.4 Å². The third-order valence-corrected chi connectivity index (χ3v) is 4.71. The van der Waals surface area contributed by atoms with E-state index in [1.807, 2.05) is 0 Å². The van der Waals surface area contributed by atoms with E-state index in [9.17, 15) is 9.59 Å². The summed E-state index contributed by atoms with van der Waals surface area (Å²) >= 11 is 24.6. The van der Waals surface area contributed by atoms with Gasteiger partial charge in [-0.3, -0.25) is 4.79 Å². The van der Waals surface area contributed by atoms with Crippen molar-refractivity contribution in [1.29, 1.82) is 0 Å². The van der Waals surface area contributed by atoms with E-state index in [2.05, 4.69) is 5.32 Å². The van der Waals surface area contributed by atoms with Crippen LogP contribution in [-0.4, -0.2) is 18.0 Å². The van der Waals surface area contributed by atoms with Crippen LogP contribution in [0.25, 0.3) is 0 Å². The van der Waals surface area contributed by atoms with Crippen molar-refractivity contribution in [3.8, 4) is 0 Å². The molecule has 122 valence electrons. The topological polar surface area (TPSA) is 55.4 Å². The van der Waals surface area contributed by atoms with Crippen LogP contribution in [0, 0.1) is 0 Å². The molecule has 0 fully saturated rings. The Kier molecular flexibility index (Phi) is 6.17. The molecule has 0 spiro atoms. The monoisotopic (exact) mass is 411 g/mol. The highest BCUT2D eigenvalue weighted by Crippen LogP contribution is 2.33. The van der Waals surface area contributed by atoms with E-state index in [1.54, 1.807) is 6.07 Å². The number of benzene rings is 1. The number of halogens is 4. The molecule has 2 rings (SSSR count). The average molecular weight is 413 g/mol. The van der Waals surface area contributed by atoms with Crippen LogP contribution < -0.4 is 5.32 Å². The number of carbonyl (C=O) groups is 2. The number of anilines is 1. The van der Waals surface area contributed by atoms with Crippen LogP contribution in [0.3, 0.4) is 0 Å². The summed E-state index contributed by atoms with van der Waals surface area (Å²) in [6.45, 7) is 1.43. The quantitative estimate of drug-likeness (QED) is 0.670. The maximum atomic E-state index is 12.1. The minimum absolute atomic E-state index is 0.180. The number of thiophene rings is 1. The number of nitrogens with one attached hydrogen (secondary N) is 1. The van der Waals surface area contributed by atoms with Crippen LogP contribution in [0.1, 0.15) is 16.6 Å². The maximum absolute atomic E-state index is 12.1. The van der Waals surface area contributed by atoms with Crippen molar-refractivity contribution in [2.45, 2.75) is 13.0 Å². The molecule has 1 aromatic heterocycles. The predicted octanol–water partition coefficient (Wildman–Crippen LogP) is 5.55. The minimum Gasteiger partial charge on any atom is -0.448 e. The Morgan fingerprint density at radius 1 is 1.13 bits per heavy atom. The van der Waals surface area contributed by atoms with E-state index < -0.39 is 18.0 Å². The van der Waals surface area contributed by atoms with Gasteiger partial charge >= 0.3 is 5.97 Å². The third-order valence-electron chi connectivity index (χ3n) is 2.68. The van der Waals surface area contributed by atoms with Gasteiger partial charge in [0.25, 0.3) is 5.91 Å². The zero-order valence-corrected chi connectivity index (χ0v) is 15.4. The molecule has 1 aromatic carbocycles. The molecule has 23 heavy (non-hydrogen) atoms. The summed E-state index contributed by atoms with van der Waals surface area (Å²) in [5, 5.41) is 3.21. The number of hydrogen-bond donors (Lipinski definition) is 1. The summed E-state index contributed by atoms with van der Waals surface area (Å²) in [7, 11) is 0. The molecule has 0 bridgehead atoms. The molecule has 0 aliphatic carbocycles. The Bertz CT molecular complexity index is 739. The number of amides is 1. The average Bonchev–Trinajstić information content (AvgIpc) is 2.89. The minimum atomic E-state index is -1.05. The lowest BCUT2D eigenvalue weighted by atomic mass is 10.3. The van der Waals surface area contributed by atoms with E-state index in [0.717, 1.165) is 11.3 Å². The van der Waals surface area contributed by atoms with Crippen LogP contribution in [0.15, 0.2) is 24.3 Å². The highest BCUT2D eigenvalue weighted by molar-refractivity contribution is 7.17. The molecular weight excluding hydrogens is 404 g/mol. The largest absolute Gasteiger partial charge is 0.448 e. The summed E-state index contributed by atoms with van der Waals surface area (Å²) in [4.78, 5) is 24.3. The van der Waals surface area contributed by atoms with Gasteiger partial charge in [0.05, 0.1) is 20.1 Å². The molecule has 1 atom stereocenters. The summed E-state index contributed by atoms with van der Waals surface area (Å²) < 4.78 is 5.53. The summed E-state index contributed by atoms with van der Waals surface area (Å²) in [5.41, 5.74) is 0.199. The summed E-state index contributed by atoms with van der Waals surface area (Å²) in [5.74, 6) is -1.22. The zero-order chi connectivity index (χ0) is 17.1. The van der Waals surface area contributed by atoms with E-state index >= 15 is 0 Å². The Balaban J connectivity index is 2.04. The second-order valence-corrected chi connectivity index (χ2v) is 7.35. The molecule has 0 aliphatic rings. The van der Waals surface area contributed by atoms with Crippen molar-refractivity contribution < 1.29 is 14.3 Å². The first kappa shape index (κ1) is 18.4. The number of carbonyl (C=O) groups excluding carboxylic acids is 2. The molecule has 2 aromatic rings. The fourth-order valence-electron chi connectivity index (χ4n) is 1.58. The first-order valence-corrected chi connectivity index (χ1v) is 8.52. The maximum Gasteiger partial charge on any atom is 0.349 e. The first-order chi connectivity index (χ1) is 10.8. The normalized spacial score (nSPS) is 11.9. The van der Waals surface area contributed by atoms with Gasteiger partial charge < -0.3 is 10.1 Å². The Morgan fingerprint density at radius 2 is 1.74 bits per heavy atom. The predicted molar refractivity (Wildman–Crippen MR) is 94.3 cm³/mol. The molecule has 1 unspecified atom stereocenters. The standard InChI is InChI=1S/C14H9Cl4NO3S/c1-6(22-14(21)10-2-3-11(18)23-10)13(20)19-12-8(16)4-7(15)5-9(12)17/h2-6H,1H3,(H,19,20). The van der Waals surface area contributed by atoms with Crippen molar-refractivity contribution in [2.24, 2.45) is 0 Å². The molecule has 1 heterocycles. The van der Waals surface area contributed by atoms with Gasteiger partial charge in [-0.25, -0.2) is 4.79 Å². The Hall–Kier alpha value is -0.980. The molecule has 0 aliphatic heterocycles. The van der Waals surface area contributed by atoms with Crippen molar-refractivity contribution >= 4 is 75.3 Å². The highest BCUT2D eigenvalue weighted by atomic mass is 35.5. The van der Waals surface area contributed by atoms with E-state index in [1.165, 1.54) is 25.1 Å². The van der Waals surface area contributed by atoms with Crippen molar-refractivity contribution in [2.75, 3.05) is 5.32 Å². The highest BCUT2D eigenvalue weighted by Gasteiger charge is 2.22. The molecule has 0 radical (unpaired) electrons. The van der Waals surface area contributed by atoms with Gasteiger partial charge in [-0.05, 0) is 31.2 Å². The number of ether oxygens (including phenoxy) is 1. The van der Waals surface area contributed by atoms with E-state index in [0.29, 0.717) is 14.2 Å². The van der Waals surface area contributed by atoms with Gasteiger partial charge in [0.15, 0.2) is 6.10 Å². The smallest absolute Gasteiger partial charge is 0.349 e. The molecule has 9 heteroatoms. The molecule has 0 saturated carbocycles. The summed E-state index contributed by atoms with van der Waals surface area (Å²) in [6.07, 6.45) is -1.05. The van der Waals surface area contributed by atoms with Gasteiger partial charge in [0.1, 0.15) is 4.88 Å². The number of rotatable bonds is 4. The molecular formula is C14H9Cl4NO3S. The lowest BCUT2D eigenvalue weighted by Crippen LogP contribution is -2.30. The third kappa shape index (κ3) is 4.75. The molecule has 1 amide bonds. The van der Waals surface area contributed by atoms with E-state index in [4.69, 9.17) is 51.1 Å². The lowest BCUT2D eigenvalue weighted by Gasteiger charge is -2.15. The first-order valence-electron chi connectivity index (χ1n) is 6.19. The SMILES string of the molecule is CC(OC(=O)c1ccc(Cl)s1)C(=O)Nc1c(Cl)cc(Cl)cc1Cl. The fourth-order valence-corrected chi connectivity index (χ4v) is 3.42. The van der Waals surface area contributed by atoms with Crippen molar-refractivity contribution in [1.82, 2.24) is 0 Å². The second kappa shape index (κ2) is 7.73. The van der Waals surface area contributed by atoms with Gasteiger partial charge in [0.2, 0.25) is 0 Å². The number of esters is 1. The lowest BCUT2D eigenvalue weighted by molar-refractivity contribution is -0.123. The second-order valence-electron chi connectivity index (χ2n) is 4.38. The van der Waals surface area contributed by atoms with Gasteiger partial charge in [0, 0.05) is 5.02 Å². The number of hydrogen-bond acceptors (Lipinski definition) is 4. The van der Waals surface area contributed by atoms with Crippen LogP contribution in [-0.2, 0) is 9.53 Å². The van der Waals surface area contributed by atoms with Crippen LogP contribution in [0.5, 0.6) is 0 Å². The molecule has 4 nitrogen and oxygen atoms in total. The van der Waals surface area contributed by atoms with Gasteiger partial charge in [-0.15, -0.1) is 11.3 Å². The Morgan fingerprint density at radius 3 is 2.26 bits per heavy atom.